The molecule has 4 heterocycles. The Balaban J connectivity index is 1.25. The number of nitrogens with zero attached hydrogens (tertiary/aromatic N) is 5. The largest absolute Gasteiger partial charge is 0.345 e. The molecule has 3 saturated heterocycles. The highest BCUT2D eigenvalue weighted by Gasteiger charge is 2.34. The molecule has 1 aromatic rings. The van der Waals surface area contributed by atoms with E-state index < -0.39 is 0 Å². The van der Waals surface area contributed by atoms with Gasteiger partial charge in [0.2, 0.25) is 5.91 Å². The first-order valence-corrected chi connectivity index (χ1v) is 11.0. The number of amides is 1. The number of hydrogen-bond donors (Lipinski definition) is 1. The van der Waals surface area contributed by atoms with Gasteiger partial charge in [0.25, 0.3) is 0 Å². The first kappa shape index (κ1) is 19.9. The van der Waals surface area contributed by atoms with Crippen molar-refractivity contribution in [2.45, 2.75) is 45.2 Å². The van der Waals surface area contributed by atoms with E-state index in [4.69, 9.17) is 0 Å². The fourth-order valence-corrected chi connectivity index (χ4v) is 5.06. The number of rotatable bonds is 4. The van der Waals surface area contributed by atoms with Gasteiger partial charge in [-0.25, -0.2) is 4.98 Å². The Morgan fingerprint density at radius 1 is 1.11 bits per heavy atom. The zero-order valence-corrected chi connectivity index (χ0v) is 17.6. The lowest BCUT2D eigenvalue weighted by atomic mass is 9.92. The lowest BCUT2D eigenvalue weighted by Crippen LogP contribution is -2.53. The van der Waals surface area contributed by atoms with Crippen LogP contribution in [0.4, 0.5) is 0 Å². The van der Waals surface area contributed by atoms with E-state index in [1.807, 2.05) is 13.1 Å². The van der Waals surface area contributed by atoms with Crippen LogP contribution in [0.1, 0.15) is 37.2 Å². The van der Waals surface area contributed by atoms with Gasteiger partial charge in [-0.1, -0.05) is 0 Å². The van der Waals surface area contributed by atoms with Crippen LogP contribution in [0.15, 0.2) is 6.20 Å². The Hall–Kier alpha value is -1.44. The molecule has 7 nitrogen and oxygen atoms in total. The van der Waals surface area contributed by atoms with Crippen molar-refractivity contribution >= 4 is 5.91 Å². The van der Waals surface area contributed by atoms with E-state index in [-0.39, 0.29) is 5.92 Å². The standard InChI is InChI=1S/C21H36N6O/c1-17-22-14-19(23-17)16-25-8-5-20(6-9-25)27-7-3-4-18(15-27)21(28)26-12-10-24(2)11-13-26/h14,18,20H,3-13,15-16H2,1-2H3,(H,22,23)/t18-/m0/s1. The molecular weight excluding hydrogens is 352 g/mol. The molecule has 0 aliphatic carbocycles. The smallest absolute Gasteiger partial charge is 0.227 e. The highest BCUT2D eigenvalue weighted by Crippen LogP contribution is 2.26. The second-order valence-electron chi connectivity index (χ2n) is 8.96. The summed E-state index contributed by atoms with van der Waals surface area (Å²) in [5.74, 6) is 1.61. The van der Waals surface area contributed by atoms with Crippen molar-refractivity contribution in [3.8, 4) is 0 Å². The Kier molecular flexibility index (Phi) is 6.33. The van der Waals surface area contributed by atoms with Crippen LogP contribution in [0.5, 0.6) is 0 Å². The second kappa shape index (κ2) is 8.93. The lowest BCUT2D eigenvalue weighted by Gasteiger charge is -2.43. The van der Waals surface area contributed by atoms with Crippen LogP contribution >= 0.6 is 0 Å². The summed E-state index contributed by atoms with van der Waals surface area (Å²) in [6, 6.07) is 0.642. The molecule has 3 fully saturated rings. The summed E-state index contributed by atoms with van der Waals surface area (Å²) in [7, 11) is 2.14. The molecule has 28 heavy (non-hydrogen) atoms. The number of aromatic nitrogens is 2. The molecule has 4 rings (SSSR count). The van der Waals surface area contributed by atoms with Gasteiger partial charge in [0.05, 0.1) is 5.92 Å². The summed E-state index contributed by atoms with van der Waals surface area (Å²) in [5.41, 5.74) is 1.21. The minimum atomic E-state index is 0.211. The average molecular weight is 389 g/mol. The number of carbonyl (C=O) groups excluding carboxylic acids is 1. The van der Waals surface area contributed by atoms with Crippen molar-refractivity contribution < 1.29 is 4.79 Å². The molecule has 1 aromatic heterocycles. The predicted molar refractivity (Wildman–Crippen MR) is 110 cm³/mol. The maximum atomic E-state index is 13.0. The van der Waals surface area contributed by atoms with Gasteiger partial charge in [-0.15, -0.1) is 0 Å². The van der Waals surface area contributed by atoms with Crippen molar-refractivity contribution in [1.82, 2.24) is 29.6 Å². The highest BCUT2D eigenvalue weighted by molar-refractivity contribution is 5.79. The minimum absolute atomic E-state index is 0.211. The number of carbonyl (C=O) groups is 1. The van der Waals surface area contributed by atoms with Gasteiger partial charge in [0.1, 0.15) is 5.82 Å². The van der Waals surface area contributed by atoms with Gasteiger partial charge >= 0.3 is 0 Å². The van der Waals surface area contributed by atoms with E-state index in [2.05, 4.69) is 36.6 Å². The van der Waals surface area contributed by atoms with Crippen LogP contribution in [0, 0.1) is 12.8 Å². The maximum absolute atomic E-state index is 13.0. The minimum Gasteiger partial charge on any atom is -0.345 e. The SMILES string of the molecule is Cc1ncc(CN2CCC(N3CCC[C@H](C(=O)N4CCN(C)CC4)C3)CC2)[nH]1. The molecule has 1 amide bonds. The van der Waals surface area contributed by atoms with E-state index in [9.17, 15) is 4.79 Å². The van der Waals surface area contributed by atoms with Gasteiger partial charge in [-0.05, 0) is 46.2 Å². The van der Waals surface area contributed by atoms with E-state index in [0.29, 0.717) is 11.9 Å². The number of likely N-dealkylation sites (N-methyl/N-ethyl adjacent to an activating group) is 1. The fraction of sp³-hybridized carbons (Fsp3) is 0.810. The highest BCUT2D eigenvalue weighted by atomic mass is 16.2. The van der Waals surface area contributed by atoms with E-state index in [0.717, 1.165) is 77.6 Å². The third-order valence-electron chi connectivity index (χ3n) is 6.84. The molecule has 1 atom stereocenters. The van der Waals surface area contributed by atoms with Crippen LogP contribution < -0.4 is 0 Å². The number of imidazole rings is 1. The van der Waals surface area contributed by atoms with Crippen molar-refractivity contribution in [3.63, 3.8) is 0 Å². The maximum Gasteiger partial charge on any atom is 0.227 e. The topological polar surface area (TPSA) is 58.7 Å². The van der Waals surface area contributed by atoms with E-state index >= 15 is 0 Å². The zero-order chi connectivity index (χ0) is 19.5. The normalized spacial score (nSPS) is 26.6. The van der Waals surface area contributed by atoms with E-state index in [1.165, 1.54) is 18.5 Å². The summed E-state index contributed by atoms with van der Waals surface area (Å²) >= 11 is 0. The molecule has 0 radical (unpaired) electrons. The van der Waals surface area contributed by atoms with Crippen LogP contribution in [-0.4, -0.2) is 101 Å². The summed E-state index contributed by atoms with van der Waals surface area (Å²) in [6.07, 6.45) is 6.61. The van der Waals surface area contributed by atoms with Crippen LogP contribution in [0.2, 0.25) is 0 Å². The van der Waals surface area contributed by atoms with Crippen molar-refractivity contribution in [2.75, 3.05) is 59.4 Å². The van der Waals surface area contributed by atoms with Crippen LogP contribution in [0.3, 0.4) is 0 Å². The number of hydrogen-bond acceptors (Lipinski definition) is 5. The molecular formula is C21H36N6O. The summed E-state index contributed by atoms with van der Waals surface area (Å²) < 4.78 is 0. The Bertz CT molecular complexity index is 645. The molecule has 7 heteroatoms. The van der Waals surface area contributed by atoms with Crippen molar-refractivity contribution in [1.29, 1.82) is 0 Å². The molecule has 0 bridgehead atoms. The third kappa shape index (κ3) is 4.75. The van der Waals surface area contributed by atoms with Gasteiger partial charge in [-0.2, -0.15) is 0 Å². The third-order valence-corrected chi connectivity index (χ3v) is 6.84. The van der Waals surface area contributed by atoms with Crippen LogP contribution in [-0.2, 0) is 11.3 Å². The Morgan fingerprint density at radius 2 is 1.86 bits per heavy atom. The number of likely N-dealkylation sites (tertiary alicyclic amines) is 2. The number of piperazine rings is 1. The first-order valence-electron chi connectivity index (χ1n) is 11.0. The van der Waals surface area contributed by atoms with Gasteiger partial charge in [0.15, 0.2) is 0 Å². The molecule has 3 aliphatic heterocycles. The Labute approximate surface area is 169 Å². The van der Waals surface area contributed by atoms with Crippen LogP contribution in [0.25, 0.3) is 0 Å². The zero-order valence-electron chi connectivity index (χ0n) is 17.6. The first-order chi connectivity index (χ1) is 13.6. The monoisotopic (exact) mass is 388 g/mol. The van der Waals surface area contributed by atoms with E-state index in [1.54, 1.807) is 0 Å². The van der Waals surface area contributed by atoms with Gasteiger partial charge in [0, 0.05) is 70.3 Å². The van der Waals surface area contributed by atoms with Gasteiger partial charge in [-0.3, -0.25) is 14.6 Å². The summed E-state index contributed by atoms with van der Waals surface area (Å²) in [4.78, 5) is 30.2. The molecule has 156 valence electrons. The molecule has 1 N–H and O–H groups in total. The predicted octanol–water partition coefficient (Wildman–Crippen LogP) is 1.17. The molecule has 0 unspecified atom stereocenters. The second-order valence-corrected chi connectivity index (χ2v) is 8.96. The number of aryl methyl sites for hydroxylation is 1. The molecule has 0 saturated carbocycles. The molecule has 3 aliphatic rings. The quantitative estimate of drug-likeness (QED) is 0.839. The number of piperidine rings is 2. The summed E-state index contributed by atoms with van der Waals surface area (Å²) in [6.45, 7) is 11.2. The molecule has 0 aromatic carbocycles. The Morgan fingerprint density at radius 3 is 2.54 bits per heavy atom. The summed E-state index contributed by atoms with van der Waals surface area (Å²) in [5, 5.41) is 0. The number of aromatic amines is 1. The van der Waals surface area contributed by atoms with Crippen molar-refractivity contribution in [2.24, 2.45) is 5.92 Å². The average Bonchev–Trinajstić information content (AvgIpc) is 3.13. The molecule has 0 spiro atoms. The number of H-pyrrole nitrogens is 1. The van der Waals surface area contributed by atoms with Gasteiger partial charge < -0.3 is 14.8 Å². The fourth-order valence-electron chi connectivity index (χ4n) is 5.06. The van der Waals surface area contributed by atoms with Crippen molar-refractivity contribution in [3.05, 3.63) is 17.7 Å². The number of nitrogens with one attached hydrogen (secondary N) is 1. The lowest BCUT2D eigenvalue weighted by molar-refractivity contribution is -0.139.